The summed E-state index contributed by atoms with van der Waals surface area (Å²) >= 11 is 12.6. The van der Waals surface area contributed by atoms with Gasteiger partial charge in [0.15, 0.2) is 0 Å². The van der Waals surface area contributed by atoms with E-state index in [1.54, 1.807) is 0 Å². The van der Waals surface area contributed by atoms with Crippen LogP contribution in [0.1, 0.15) is 0 Å². The van der Waals surface area contributed by atoms with Gasteiger partial charge in [-0.2, -0.15) is 0 Å². The maximum atomic E-state index is 11.1. The van der Waals surface area contributed by atoms with Gasteiger partial charge in [-0.05, 0) is 36.7 Å². The summed E-state index contributed by atoms with van der Waals surface area (Å²) in [6, 6.07) is 0. The Kier molecular flexibility index (Phi) is 8.54. The van der Waals surface area contributed by atoms with E-state index < -0.39 is 7.59 Å². The third-order valence-electron chi connectivity index (χ3n) is 0.513. The molecule has 0 saturated carbocycles. The van der Waals surface area contributed by atoms with Crippen molar-refractivity contribution in [2.45, 2.75) is 0 Å². The Bertz CT molecular complexity index is 283. The molecule has 0 aromatic carbocycles. The van der Waals surface area contributed by atoms with Gasteiger partial charge in [0, 0.05) is 6.15 Å². The molecule has 0 heterocycles. The standard InChI is InChI=1S/C3N3OPS3.N/c7-8(4-1-9,5-2-10)6-3-11;. The predicted octanol–water partition coefficient (Wildman–Crippen LogP) is 1.92. The zero-order chi connectivity index (χ0) is 8.74. The summed E-state index contributed by atoms with van der Waals surface area (Å²) in [5.41, 5.74) is 0. The Balaban J connectivity index is 0. The number of hydrogen-bond acceptors (Lipinski definition) is 4. The van der Waals surface area contributed by atoms with Crippen molar-refractivity contribution in [1.82, 2.24) is 6.15 Å². The van der Waals surface area contributed by atoms with E-state index in [4.69, 9.17) is 0 Å². The molecule has 0 unspecified atom stereocenters. The van der Waals surface area contributed by atoms with Gasteiger partial charge in [-0.3, -0.25) is 0 Å². The van der Waals surface area contributed by atoms with Crippen LogP contribution < -0.4 is 6.15 Å². The van der Waals surface area contributed by atoms with Crippen molar-refractivity contribution in [2.24, 2.45) is 14.3 Å². The van der Waals surface area contributed by atoms with Crippen LogP contribution in [0.2, 0.25) is 0 Å². The lowest BCUT2D eigenvalue weighted by atomic mass is 11.7. The fourth-order valence-electron chi connectivity index (χ4n) is 0.227. The first-order valence-corrected chi connectivity index (χ1v) is 4.86. The van der Waals surface area contributed by atoms with Crippen LogP contribution in [0.5, 0.6) is 0 Å². The summed E-state index contributed by atoms with van der Waals surface area (Å²) in [5, 5.41) is 5.59. The predicted molar refractivity (Wildman–Crippen MR) is 54.8 cm³/mol. The third-order valence-corrected chi connectivity index (χ3v) is 2.27. The molecule has 0 aromatic rings. The average molecular weight is 235 g/mol. The molecule has 9 heteroatoms. The van der Waals surface area contributed by atoms with Crippen molar-refractivity contribution < 1.29 is 4.57 Å². The van der Waals surface area contributed by atoms with Gasteiger partial charge in [-0.1, -0.05) is 0 Å². The molecule has 0 fully saturated rings. The first-order chi connectivity index (χ1) is 5.18. The smallest absolute Gasteiger partial charge is 0.242 e. The summed E-state index contributed by atoms with van der Waals surface area (Å²) in [5.74, 6) is 0. The van der Waals surface area contributed by atoms with Gasteiger partial charge in [0.2, 0.25) is 0 Å². The van der Waals surface area contributed by atoms with E-state index in [1.807, 2.05) is 15.5 Å². The van der Waals surface area contributed by atoms with Crippen LogP contribution >= 0.6 is 44.2 Å². The summed E-state index contributed by atoms with van der Waals surface area (Å²) in [7, 11) is -3.49. The summed E-state index contributed by atoms with van der Waals surface area (Å²) in [6.07, 6.45) is 0. The van der Waals surface area contributed by atoms with Gasteiger partial charge in [0.1, 0.15) is 0 Å². The molecule has 0 aliphatic rings. The minimum atomic E-state index is -3.49. The normalized spacial score (nSPS) is 11.7. The second-order valence-electron chi connectivity index (χ2n) is 1.09. The molecule has 3 radical (unpaired) electrons. The van der Waals surface area contributed by atoms with Gasteiger partial charge in [-0.25, -0.2) is 4.57 Å². The molecule has 5 nitrogen and oxygen atoms in total. The number of rotatable bonds is 3. The Labute approximate surface area is 84.8 Å². The molecule has 0 rings (SSSR count). The molecule has 0 spiro atoms. The summed E-state index contributed by atoms with van der Waals surface area (Å²) in [6.45, 7) is 0. The van der Waals surface area contributed by atoms with Gasteiger partial charge in [0.25, 0.3) is 0 Å². The second-order valence-corrected chi connectivity index (χ2v) is 3.26. The second kappa shape index (κ2) is 7.25. The van der Waals surface area contributed by atoms with E-state index in [2.05, 4.69) is 50.9 Å². The van der Waals surface area contributed by atoms with Crippen molar-refractivity contribution in [3.63, 3.8) is 0 Å². The molecule has 0 aliphatic heterocycles. The lowest BCUT2D eigenvalue weighted by Crippen LogP contribution is -1.64. The zero-order valence-corrected chi connectivity index (χ0v) is 8.71. The fraction of sp³-hybridized carbons (Fsp3) is 0. The maximum absolute atomic E-state index is 11.1. The molecule has 0 N–H and O–H groups in total. The molecule has 0 amide bonds. The molecule has 0 bridgehead atoms. The number of hydrogen-bond donors (Lipinski definition) is 0. The van der Waals surface area contributed by atoms with Crippen LogP contribution in [-0.2, 0) is 4.57 Å². The van der Waals surface area contributed by atoms with Crippen molar-refractivity contribution >= 4 is 59.7 Å². The molecule has 0 atom stereocenters. The van der Waals surface area contributed by atoms with Crippen LogP contribution in [0, 0.1) is 0 Å². The van der Waals surface area contributed by atoms with E-state index in [-0.39, 0.29) is 6.15 Å². The van der Waals surface area contributed by atoms with E-state index in [0.717, 1.165) is 0 Å². The van der Waals surface area contributed by atoms with E-state index in [9.17, 15) is 4.57 Å². The quantitative estimate of drug-likeness (QED) is 0.425. The van der Waals surface area contributed by atoms with E-state index in [1.165, 1.54) is 0 Å². The minimum absolute atomic E-state index is 0. The summed E-state index contributed by atoms with van der Waals surface area (Å²) < 4.78 is 20.6. The average Bonchev–Trinajstić information content (AvgIpc) is 1.88. The number of nitrogens with zero attached hydrogens (tertiary/aromatic N) is 4. The zero-order valence-electron chi connectivity index (χ0n) is 5.37. The fourth-order valence-corrected chi connectivity index (χ4v) is 1.64. The molecular formula is C3N4OPS3. The molecule has 0 aliphatic carbocycles. The van der Waals surface area contributed by atoms with Crippen molar-refractivity contribution in [3.05, 3.63) is 0 Å². The highest BCUT2D eigenvalue weighted by Gasteiger charge is 2.15. The van der Waals surface area contributed by atoms with Gasteiger partial charge in [0.05, 0.1) is 15.5 Å². The Morgan fingerprint density at radius 2 is 1.17 bits per heavy atom. The Morgan fingerprint density at radius 3 is 1.33 bits per heavy atom. The molecule has 12 heavy (non-hydrogen) atoms. The van der Waals surface area contributed by atoms with Gasteiger partial charge in [-0.15, -0.1) is 14.3 Å². The van der Waals surface area contributed by atoms with Crippen LogP contribution in [-0.4, -0.2) is 15.5 Å². The highest BCUT2D eigenvalue weighted by atomic mass is 32.1. The highest BCUT2D eigenvalue weighted by molar-refractivity contribution is 7.80. The number of thiocarbonyl (C=S) groups is 3. The summed E-state index contributed by atoms with van der Waals surface area (Å²) in [4.78, 5) is 0. The SMILES string of the molecule is O=P(N=C=S)(N=C=S)N=C=S.[N]. The first-order valence-electron chi connectivity index (χ1n) is 2.07. The lowest BCUT2D eigenvalue weighted by Gasteiger charge is -1.90. The van der Waals surface area contributed by atoms with Crippen molar-refractivity contribution in [3.8, 4) is 0 Å². The first kappa shape index (κ1) is 14.1. The van der Waals surface area contributed by atoms with Crippen molar-refractivity contribution in [2.75, 3.05) is 0 Å². The number of isothiocyanates is 3. The molecule has 0 saturated heterocycles. The van der Waals surface area contributed by atoms with Crippen LogP contribution in [0.4, 0.5) is 0 Å². The van der Waals surface area contributed by atoms with Crippen LogP contribution in [0.25, 0.3) is 0 Å². The third kappa shape index (κ3) is 5.27. The molecular weight excluding hydrogens is 235 g/mol. The van der Waals surface area contributed by atoms with Crippen LogP contribution in [0.3, 0.4) is 0 Å². The lowest BCUT2D eigenvalue weighted by molar-refractivity contribution is 0.579. The maximum Gasteiger partial charge on any atom is 0.441 e. The molecule has 0 aromatic heterocycles. The van der Waals surface area contributed by atoms with Crippen LogP contribution in [0.15, 0.2) is 14.3 Å². The van der Waals surface area contributed by atoms with Crippen molar-refractivity contribution in [1.29, 1.82) is 0 Å². The van der Waals surface area contributed by atoms with E-state index in [0.29, 0.717) is 0 Å². The van der Waals surface area contributed by atoms with E-state index >= 15 is 0 Å². The topological polar surface area (TPSA) is 84.7 Å². The largest absolute Gasteiger partial charge is 0.441 e. The Morgan fingerprint density at radius 1 is 0.917 bits per heavy atom. The molecule has 61 valence electrons. The van der Waals surface area contributed by atoms with Gasteiger partial charge < -0.3 is 0 Å². The Hall–Kier alpha value is -0.410. The highest BCUT2D eigenvalue weighted by Crippen LogP contribution is 2.49. The minimum Gasteiger partial charge on any atom is -0.242 e. The van der Waals surface area contributed by atoms with Gasteiger partial charge >= 0.3 is 7.59 Å². The monoisotopic (exact) mass is 235 g/mol.